The average Bonchev–Trinajstić information content (AvgIpc) is 2.96. The normalized spacial score (nSPS) is 10.3. The molecule has 23 heavy (non-hydrogen) atoms. The second-order valence-corrected chi connectivity index (χ2v) is 4.98. The van der Waals surface area contributed by atoms with Crippen LogP contribution in [0.5, 0.6) is 5.75 Å². The summed E-state index contributed by atoms with van der Waals surface area (Å²) in [7, 11) is 0. The molecule has 6 nitrogen and oxygen atoms in total. The van der Waals surface area contributed by atoms with Crippen molar-refractivity contribution in [1.82, 2.24) is 4.98 Å². The van der Waals surface area contributed by atoms with Crippen molar-refractivity contribution in [3.63, 3.8) is 0 Å². The maximum absolute atomic E-state index is 12.0. The minimum absolute atomic E-state index is 0.143. The fourth-order valence-corrected chi connectivity index (χ4v) is 2.06. The molecule has 0 aliphatic carbocycles. The van der Waals surface area contributed by atoms with Crippen LogP contribution in [0.2, 0.25) is 0 Å². The predicted molar refractivity (Wildman–Crippen MR) is 87.4 cm³/mol. The highest BCUT2D eigenvalue weighted by molar-refractivity contribution is 6.00. The van der Waals surface area contributed by atoms with Gasteiger partial charge in [-0.2, -0.15) is 0 Å². The number of oxazole rings is 1. The fourth-order valence-electron chi connectivity index (χ4n) is 2.06. The summed E-state index contributed by atoms with van der Waals surface area (Å²) in [5.41, 5.74) is 1.98. The van der Waals surface area contributed by atoms with Crippen LogP contribution in [0.4, 0.5) is 16.2 Å². The molecule has 2 amide bonds. The summed E-state index contributed by atoms with van der Waals surface area (Å²) in [6.45, 7) is 1.82. The standard InChI is InChI=1S/C17H15N3O3/c1-11-10-18-16(23-11)12-3-2-4-14(9-12)20-17(22)19-13-5-7-15(21)8-6-13/h2-10,21H,1H3,(H2,19,20,22). The van der Waals surface area contributed by atoms with Crippen molar-refractivity contribution < 1.29 is 14.3 Å². The number of hydrogen-bond donors (Lipinski definition) is 3. The quantitative estimate of drug-likeness (QED) is 0.638. The van der Waals surface area contributed by atoms with Gasteiger partial charge in [0.05, 0.1) is 6.20 Å². The molecule has 1 aromatic heterocycles. The topological polar surface area (TPSA) is 87.4 Å². The van der Waals surface area contributed by atoms with E-state index >= 15 is 0 Å². The van der Waals surface area contributed by atoms with Crippen molar-refractivity contribution in [3.8, 4) is 17.2 Å². The Kier molecular flexibility index (Phi) is 3.97. The number of phenols is 1. The molecule has 1 heterocycles. The number of phenolic OH excluding ortho intramolecular Hbond substituents is 1. The monoisotopic (exact) mass is 309 g/mol. The lowest BCUT2D eigenvalue weighted by molar-refractivity contribution is 0.262. The Morgan fingerprint density at radius 1 is 1.09 bits per heavy atom. The zero-order valence-corrected chi connectivity index (χ0v) is 12.4. The third kappa shape index (κ3) is 3.68. The van der Waals surface area contributed by atoms with E-state index in [9.17, 15) is 9.90 Å². The van der Waals surface area contributed by atoms with Crippen molar-refractivity contribution in [2.75, 3.05) is 10.6 Å². The number of rotatable bonds is 3. The lowest BCUT2D eigenvalue weighted by Gasteiger charge is -2.08. The Labute approximate surface area is 132 Å². The Morgan fingerprint density at radius 2 is 1.83 bits per heavy atom. The molecule has 0 radical (unpaired) electrons. The van der Waals surface area contributed by atoms with Crippen molar-refractivity contribution in [2.24, 2.45) is 0 Å². The number of benzene rings is 2. The Balaban J connectivity index is 1.70. The third-order valence-electron chi connectivity index (χ3n) is 3.11. The molecule has 3 rings (SSSR count). The molecule has 0 unspecified atom stereocenters. The molecule has 6 heteroatoms. The van der Waals surface area contributed by atoms with E-state index < -0.39 is 0 Å². The summed E-state index contributed by atoms with van der Waals surface area (Å²) in [6, 6.07) is 13.1. The maximum Gasteiger partial charge on any atom is 0.323 e. The van der Waals surface area contributed by atoms with Gasteiger partial charge in [0.1, 0.15) is 11.5 Å². The van der Waals surface area contributed by atoms with Crippen LogP contribution >= 0.6 is 0 Å². The number of aryl methyl sites for hydroxylation is 1. The van der Waals surface area contributed by atoms with Gasteiger partial charge in [-0.1, -0.05) is 6.07 Å². The van der Waals surface area contributed by atoms with Gasteiger partial charge in [0.25, 0.3) is 0 Å². The van der Waals surface area contributed by atoms with E-state index in [1.165, 1.54) is 12.1 Å². The second kappa shape index (κ2) is 6.23. The first-order chi connectivity index (χ1) is 11.1. The minimum Gasteiger partial charge on any atom is -0.508 e. The van der Waals surface area contributed by atoms with Gasteiger partial charge in [0, 0.05) is 16.9 Å². The van der Waals surface area contributed by atoms with E-state index in [4.69, 9.17) is 4.42 Å². The van der Waals surface area contributed by atoms with Gasteiger partial charge < -0.3 is 20.2 Å². The fraction of sp³-hybridized carbons (Fsp3) is 0.0588. The average molecular weight is 309 g/mol. The SMILES string of the molecule is Cc1cnc(-c2cccc(NC(=O)Nc3ccc(O)cc3)c2)o1. The lowest BCUT2D eigenvalue weighted by atomic mass is 10.2. The van der Waals surface area contributed by atoms with Crippen LogP contribution in [-0.2, 0) is 0 Å². The molecular formula is C17H15N3O3. The number of amides is 2. The van der Waals surface area contributed by atoms with Crippen LogP contribution in [0.1, 0.15) is 5.76 Å². The smallest absolute Gasteiger partial charge is 0.323 e. The van der Waals surface area contributed by atoms with Crippen molar-refractivity contribution in [1.29, 1.82) is 0 Å². The van der Waals surface area contributed by atoms with E-state index in [0.29, 0.717) is 17.3 Å². The van der Waals surface area contributed by atoms with Crippen LogP contribution in [0, 0.1) is 6.92 Å². The van der Waals surface area contributed by atoms with E-state index in [1.807, 2.05) is 19.1 Å². The van der Waals surface area contributed by atoms with Gasteiger partial charge in [0.15, 0.2) is 0 Å². The molecule has 0 saturated carbocycles. The van der Waals surface area contributed by atoms with Crippen LogP contribution in [0.3, 0.4) is 0 Å². The molecule has 2 aromatic carbocycles. The lowest BCUT2D eigenvalue weighted by Crippen LogP contribution is -2.19. The van der Waals surface area contributed by atoms with Crippen LogP contribution < -0.4 is 10.6 Å². The van der Waals surface area contributed by atoms with Gasteiger partial charge in [-0.05, 0) is 49.4 Å². The zero-order chi connectivity index (χ0) is 16.2. The number of anilines is 2. The minimum atomic E-state index is -0.378. The predicted octanol–water partition coefficient (Wildman–Crippen LogP) is 4.00. The molecule has 3 N–H and O–H groups in total. The first-order valence-corrected chi connectivity index (χ1v) is 7.00. The van der Waals surface area contributed by atoms with Crippen LogP contribution in [0.15, 0.2) is 59.1 Å². The highest BCUT2D eigenvalue weighted by atomic mass is 16.4. The molecule has 0 fully saturated rings. The molecule has 0 aliphatic heterocycles. The number of urea groups is 1. The number of aromatic nitrogens is 1. The van der Waals surface area contributed by atoms with E-state index in [2.05, 4.69) is 15.6 Å². The zero-order valence-electron chi connectivity index (χ0n) is 12.4. The summed E-state index contributed by atoms with van der Waals surface area (Å²) < 4.78 is 5.47. The second-order valence-electron chi connectivity index (χ2n) is 4.98. The molecular weight excluding hydrogens is 294 g/mol. The van der Waals surface area contributed by atoms with Gasteiger partial charge in [0.2, 0.25) is 5.89 Å². The van der Waals surface area contributed by atoms with Crippen molar-refractivity contribution in [2.45, 2.75) is 6.92 Å². The van der Waals surface area contributed by atoms with Gasteiger partial charge in [-0.3, -0.25) is 0 Å². The number of nitrogens with one attached hydrogen (secondary N) is 2. The van der Waals surface area contributed by atoms with Gasteiger partial charge in [-0.15, -0.1) is 0 Å². The van der Waals surface area contributed by atoms with Gasteiger partial charge >= 0.3 is 6.03 Å². The molecule has 0 spiro atoms. The summed E-state index contributed by atoms with van der Waals surface area (Å²) in [6.07, 6.45) is 1.65. The number of nitrogens with zero attached hydrogens (tertiary/aromatic N) is 1. The number of carbonyl (C=O) groups is 1. The Hall–Kier alpha value is -3.28. The first kappa shape index (κ1) is 14.6. The van der Waals surface area contributed by atoms with Crippen molar-refractivity contribution >= 4 is 17.4 Å². The molecule has 0 bridgehead atoms. The molecule has 0 aliphatic rings. The molecule has 3 aromatic rings. The summed E-state index contributed by atoms with van der Waals surface area (Å²) >= 11 is 0. The van der Waals surface area contributed by atoms with Crippen molar-refractivity contribution in [3.05, 3.63) is 60.5 Å². The Bertz CT molecular complexity index is 825. The number of carbonyl (C=O) groups excluding carboxylic acids is 1. The van der Waals surface area contributed by atoms with E-state index in [0.717, 1.165) is 11.3 Å². The van der Waals surface area contributed by atoms with E-state index in [1.54, 1.807) is 30.5 Å². The summed E-state index contributed by atoms with van der Waals surface area (Å²) in [5, 5.41) is 14.6. The summed E-state index contributed by atoms with van der Waals surface area (Å²) in [4.78, 5) is 16.2. The maximum atomic E-state index is 12.0. The van der Waals surface area contributed by atoms with Crippen LogP contribution in [-0.4, -0.2) is 16.1 Å². The molecule has 116 valence electrons. The van der Waals surface area contributed by atoms with Crippen LogP contribution in [0.25, 0.3) is 11.5 Å². The largest absolute Gasteiger partial charge is 0.508 e. The third-order valence-corrected chi connectivity index (χ3v) is 3.11. The first-order valence-electron chi connectivity index (χ1n) is 7.00. The highest BCUT2D eigenvalue weighted by Crippen LogP contribution is 2.22. The Morgan fingerprint density at radius 3 is 2.52 bits per heavy atom. The molecule has 0 atom stereocenters. The molecule has 0 saturated heterocycles. The number of aromatic hydroxyl groups is 1. The highest BCUT2D eigenvalue weighted by Gasteiger charge is 2.07. The van der Waals surface area contributed by atoms with Gasteiger partial charge in [-0.25, -0.2) is 9.78 Å². The summed E-state index contributed by atoms with van der Waals surface area (Å²) in [5.74, 6) is 1.37. The van der Waals surface area contributed by atoms with E-state index in [-0.39, 0.29) is 11.8 Å². The number of hydrogen-bond acceptors (Lipinski definition) is 4.